The maximum atomic E-state index is 12.7. The largest absolute Gasteiger partial charge is 0.510 e. The van der Waals surface area contributed by atoms with Gasteiger partial charge in [0.05, 0.1) is 0 Å². The van der Waals surface area contributed by atoms with Gasteiger partial charge in [-0.3, -0.25) is 4.79 Å². The van der Waals surface area contributed by atoms with Gasteiger partial charge in [-0.25, -0.2) is 18.1 Å². The molecule has 1 aliphatic rings. The Bertz CT molecular complexity index is 856. The average molecular weight is 396 g/mol. The van der Waals surface area contributed by atoms with Crippen LogP contribution in [0, 0.1) is 5.92 Å². The van der Waals surface area contributed by atoms with Crippen LogP contribution < -0.4 is 5.32 Å². The molecule has 1 aromatic rings. The number of aliphatic hydroxyl groups is 1. The second-order valence-corrected chi connectivity index (χ2v) is 9.24. The highest BCUT2D eigenvalue weighted by molar-refractivity contribution is 7.96. The summed E-state index contributed by atoms with van der Waals surface area (Å²) >= 11 is 0. The molecule has 0 aromatic heterocycles. The van der Waals surface area contributed by atoms with Crippen molar-refractivity contribution in [1.29, 1.82) is 0 Å². The van der Waals surface area contributed by atoms with Crippen LogP contribution >= 0.6 is 0 Å². The zero-order valence-electron chi connectivity index (χ0n) is 15.7. The van der Waals surface area contributed by atoms with Gasteiger partial charge in [0.25, 0.3) is 5.91 Å². The first-order valence-electron chi connectivity index (χ1n) is 8.42. The number of nitrogens with zero attached hydrogens (tertiary/aromatic N) is 1. The number of hydrogen-bond acceptors (Lipinski definition) is 7. The first kappa shape index (κ1) is 20.8. The lowest BCUT2D eigenvalue weighted by molar-refractivity contribution is -0.127. The van der Waals surface area contributed by atoms with Crippen LogP contribution in [-0.4, -0.2) is 48.4 Å². The monoisotopic (exact) mass is 396 g/mol. The first-order valence-corrected chi connectivity index (χ1v) is 10.1. The molecule has 1 aromatic carbocycles. The Hall–Kier alpha value is -2.55. The van der Waals surface area contributed by atoms with Crippen LogP contribution in [0.1, 0.15) is 27.7 Å². The zero-order chi connectivity index (χ0) is 20.4. The van der Waals surface area contributed by atoms with Crippen molar-refractivity contribution in [3.8, 4) is 0 Å². The number of amides is 2. The Morgan fingerprint density at radius 3 is 2.44 bits per heavy atom. The summed E-state index contributed by atoms with van der Waals surface area (Å²) in [5.74, 6) is -2.96. The molecule has 1 heterocycles. The summed E-state index contributed by atoms with van der Waals surface area (Å²) in [4.78, 5) is 24.9. The minimum Gasteiger partial charge on any atom is -0.510 e. The molecule has 0 aliphatic carbocycles. The molecule has 1 aliphatic heterocycles. The summed E-state index contributed by atoms with van der Waals surface area (Å²) in [5, 5.41) is 12.9. The number of sulfone groups is 1. The van der Waals surface area contributed by atoms with Crippen molar-refractivity contribution in [3.05, 3.63) is 41.0 Å². The molecule has 0 bridgehead atoms. The Morgan fingerprint density at radius 2 is 1.89 bits per heavy atom. The maximum Gasteiger partial charge on any atom is 0.417 e. The van der Waals surface area contributed by atoms with Crippen LogP contribution in [0.15, 0.2) is 41.0 Å². The summed E-state index contributed by atoms with van der Waals surface area (Å²) in [5.41, 5.74) is -0.306. The van der Waals surface area contributed by atoms with Gasteiger partial charge in [0, 0.05) is 18.2 Å². The molecule has 0 saturated heterocycles. The molecule has 0 spiro atoms. The van der Waals surface area contributed by atoms with Crippen molar-refractivity contribution in [2.45, 2.75) is 33.3 Å². The molecule has 2 N–H and O–H groups in total. The van der Waals surface area contributed by atoms with Gasteiger partial charge in [-0.1, -0.05) is 25.1 Å². The Kier molecular flexibility index (Phi) is 5.84. The van der Waals surface area contributed by atoms with Gasteiger partial charge in [-0.2, -0.15) is 0 Å². The van der Waals surface area contributed by atoms with Crippen LogP contribution in [0.5, 0.6) is 0 Å². The Labute approximate surface area is 158 Å². The standard InChI is InChI=1S/C18H24N2O6S/c1-12-10-20(17(23)26-18(2,3)4)16(22)15(14(12)21)27(24,25)11-19-13-8-6-5-7-9-13/h5-9,12,19,21H,10-11H2,1-4H3. The third kappa shape index (κ3) is 5.00. The zero-order valence-corrected chi connectivity index (χ0v) is 16.5. The fourth-order valence-electron chi connectivity index (χ4n) is 2.47. The number of benzene rings is 1. The van der Waals surface area contributed by atoms with Gasteiger partial charge in [-0.05, 0) is 32.9 Å². The summed E-state index contributed by atoms with van der Waals surface area (Å²) < 4.78 is 30.6. The number of carbonyl (C=O) groups excluding carboxylic acids is 2. The quantitative estimate of drug-likeness (QED) is 0.804. The van der Waals surface area contributed by atoms with E-state index in [1.165, 1.54) is 6.92 Å². The lowest BCUT2D eigenvalue weighted by Gasteiger charge is -2.32. The van der Waals surface area contributed by atoms with E-state index < -0.39 is 49.9 Å². The van der Waals surface area contributed by atoms with Crippen LogP contribution in [0.25, 0.3) is 0 Å². The number of hydrogen-bond donors (Lipinski definition) is 2. The summed E-state index contributed by atoms with van der Waals surface area (Å²) in [6, 6.07) is 8.57. The van der Waals surface area contributed by atoms with Crippen molar-refractivity contribution in [2.75, 3.05) is 17.7 Å². The van der Waals surface area contributed by atoms with Gasteiger partial charge in [-0.15, -0.1) is 0 Å². The number of nitrogens with one attached hydrogen (secondary N) is 1. The molecule has 1 unspecified atom stereocenters. The topological polar surface area (TPSA) is 113 Å². The van der Waals surface area contributed by atoms with Crippen LogP contribution in [-0.2, 0) is 19.4 Å². The summed E-state index contributed by atoms with van der Waals surface area (Å²) in [6.45, 7) is 6.27. The van der Waals surface area contributed by atoms with E-state index in [0.29, 0.717) is 10.6 Å². The van der Waals surface area contributed by atoms with Crippen LogP contribution in [0.4, 0.5) is 10.5 Å². The predicted octanol–water partition coefficient (Wildman–Crippen LogP) is 2.65. The van der Waals surface area contributed by atoms with Gasteiger partial charge < -0.3 is 15.2 Å². The van der Waals surface area contributed by atoms with E-state index in [4.69, 9.17) is 4.74 Å². The molecular formula is C18H24N2O6S. The van der Waals surface area contributed by atoms with Gasteiger partial charge in [0.2, 0.25) is 9.84 Å². The van der Waals surface area contributed by atoms with E-state index in [2.05, 4.69) is 5.32 Å². The minimum atomic E-state index is -4.20. The Morgan fingerprint density at radius 1 is 1.30 bits per heavy atom. The molecule has 0 fully saturated rings. The van der Waals surface area contributed by atoms with Crippen molar-refractivity contribution < 1.29 is 27.9 Å². The normalized spacial score (nSPS) is 18.4. The molecule has 1 atom stereocenters. The smallest absolute Gasteiger partial charge is 0.417 e. The molecule has 8 nitrogen and oxygen atoms in total. The van der Waals surface area contributed by atoms with Crippen molar-refractivity contribution in [3.63, 3.8) is 0 Å². The number of ether oxygens (including phenoxy) is 1. The van der Waals surface area contributed by atoms with Gasteiger partial charge in [0.15, 0.2) is 4.91 Å². The van der Waals surface area contributed by atoms with E-state index in [-0.39, 0.29) is 6.54 Å². The van der Waals surface area contributed by atoms with Gasteiger partial charge >= 0.3 is 6.09 Å². The summed E-state index contributed by atoms with van der Waals surface area (Å²) in [6.07, 6.45) is -0.949. The fraction of sp³-hybridized carbons (Fsp3) is 0.444. The third-order valence-electron chi connectivity index (χ3n) is 3.76. The van der Waals surface area contributed by atoms with Crippen molar-refractivity contribution in [1.82, 2.24) is 4.90 Å². The highest BCUT2D eigenvalue weighted by atomic mass is 32.2. The molecule has 2 amide bonds. The van der Waals surface area contributed by atoms with E-state index >= 15 is 0 Å². The molecule has 0 saturated carbocycles. The minimum absolute atomic E-state index is 0.162. The van der Waals surface area contributed by atoms with Gasteiger partial charge in [0.1, 0.15) is 17.2 Å². The number of imide groups is 1. The van der Waals surface area contributed by atoms with Crippen molar-refractivity contribution in [2.24, 2.45) is 5.92 Å². The third-order valence-corrected chi connectivity index (χ3v) is 5.29. The lowest BCUT2D eigenvalue weighted by atomic mass is 10.1. The molecule has 9 heteroatoms. The Balaban J connectivity index is 2.28. The number of anilines is 1. The van der Waals surface area contributed by atoms with E-state index in [1.54, 1.807) is 51.1 Å². The lowest BCUT2D eigenvalue weighted by Crippen LogP contribution is -2.48. The maximum absolute atomic E-state index is 12.7. The molecule has 0 radical (unpaired) electrons. The van der Waals surface area contributed by atoms with E-state index in [0.717, 1.165) is 0 Å². The first-order chi connectivity index (χ1) is 12.4. The second kappa shape index (κ2) is 7.59. The fourth-order valence-corrected chi connectivity index (χ4v) is 3.87. The second-order valence-electron chi connectivity index (χ2n) is 7.31. The van der Waals surface area contributed by atoms with E-state index in [1.807, 2.05) is 0 Å². The molecule has 27 heavy (non-hydrogen) atoms. The SMILES string of the molecule is CC1CN(C(=O)OC(C)(C)C)C(=O)C(S(=O)(=O)CNc2ccccc2)=C1O. The molecule has 148 valence electrons. The summed E-state index contributed by atoms with van der Waals surface area (Å²) in [7, 11) is -4.20. The average Bonchev–Trinajstić information content (AvgIpc) is 2.55. The van der Waals surface area contributed by atoms with Crippen molar-refractivity contribution >= 4 is 27.5 Å². The van der Waals surface area contributed by atoms with Crippen LogP contribution in [0.2, 0.25) is 0 Å². The number of para-hydroxylation sites is 1. The molecular weight excluding hydrogens is 372 g/mol. The molecule has 2 rings (SSSR count). The predicted molar refractivity (Wildman–Crippen MR) is 101 cm³/mol. The number of aliphatic hydroxyl groups excluding tert-OH is 1. The van der Waals surface area contributed by atoms with Crippen LogP contribution in [0.3, 0.4) is 0 Å². The number of rotatable bonds is 4. The highest BCUT2D eigenvalue weighted by Crippen LogP contribution is 2.28. The number of carbonyl (C=O) groups is 2. The highest BCUT2D eigenvalue weighted by Gasteiger charge is 2.42. The van der Waals surface area contributed by atoms with E-state index in [9.17, 15) is 23.1 Å².